The molecule has 4 heteroatoms. The SMILES string of the molecule is CC(C)NC(=O)CN1CCN(C)C[C@H]1C. The molecule has 1 saturated heterocycles. The fourth-order valence-corrected chi connectivity index (χ4v) is 1.96. The van der Waals surface area contributed by atoms with E-state index in [-0.39, 0.29) is 11.9 Å². The molecule has 1 N–H and O–H groups in total. The van der Waals surface area contributed by atoms with Crippen molar-refractivity contribution >= 4 is 5.91 Å². The molecule has 0 saturated carbocycles. The molecule has 1 rings (SSSR count). The van der Waals surface area contributed by atoms with Crippen LogP contribution >= 0.6 is 0 Å². The van der Waals surface area contributed by atoms with Crippen molar-refractivity contribution in [1.29, 1.82) is 0 Å². The van der Waals surface area contributed by atoms with E-state index < -0.39 is 0 Å². The molecule has 88 valence electrons. The molecule has 0 unspecified atom stereocenters. The number of hydrogen-bond acceptors (Lipinski definition) is 3. The zero-order valence-electron chi connectivity index (χ0n) is 10.3. The summed E-state index contributed by atoms with van der Waals surface area (Å²) in [7, 11) is 2.13. The molecule has 1 heterocycles. The van der Waals surface area contributed by atoms with E-state index in [1.54, 1.807) is 0 Å². The van der Waals surface area contributed by atoms with Crippen LogP contribution in [0, 0.1) is 0 Å². The van der Waals surface area contributed by atoms with Crippen LogP contribution in [-0.2, 0) is 4.79 Å². The summed E-state index contributed by atoms with van der Waals surface area (Å²) in [5.74, 6) is 0.140. The van der Waals surface area contributed by atoms with Crippen LogP contribution < -0.4 is 5.32 Å². The number of carbonyl (C=O) groups is 1. The smallest absolute Gasteiger partial charge is 0.234 e. The Morgan fingerprint density at radius 3 is 2.67 bits per heavy atom. The second-order valence-corrected chi connectivity index (χ2v) is 4.80. The minimum atomic E-state index is 0.140. The molecule has 0 radical (unpaired) electrons. The highest BCUT2D eigenvalue weighted by Gasteiger charge is 2.23. The molecular weight excluding hydrogens is 190 g/mol. The van der Waals surface area contributed by atoms with Crippen molar-refractivity contribution in [3.8, 4) is 0 Å². The van der Waals surface area contributed by atoms with E-state index in [9.17, 15) is 4.79 Å². The third-order valence-electron chi connectivity index (χ3n) is 2.76. The van der Waals surface area contributed by atoms with Crippen LogP contribution in [0.25, 0.3) is 0 Å². The monoisotopic (exact) mass is 213 g/mol. The summed E-state index contributed by atoms with van der Waals surface area (Å²) in [6.07, 6.45) is 0. The number of carbonyl (C=O) groups excluding carboxylic acids is 1. The molecule has 1 amide bonds. The number of amides is 1. The lowest BCUT2D eigenvalue weighted by Crippen LogP contribution is -2.53. The summed E-state index contributed by atoms with van der Waals surface area (Å²) in [6.45, 7) is 9.79. The summed E-state index contributed by atoms with van der Waals surface area (Å²) in [4.78, 5) is 16.1. The number of likely N-dealkylation sites (N-methyl/N-ethyl adjacent to an activating group) is 1. The van der Waals surface area contributed by atoms with Gasteiger partial charge in [0.15, 0.2) is 0 Å². The Kier molecular flexibility index (Phi) is 4.54. The maximum absolute atomic E-state index is 11.6. The fourth-order valence-electron chi connectivity index (χ4n) is 1.96. The van der Waals surface area contributed by atoms with Crippen molar-refractivity contribution in [1.82, 2.24) is 15.1 Å². The molecule has 0 aliphatic carbocycles. The maximum atomic E-state index is 11.6. The van der Waals surface area contributed by atoms with Gasteiger partial charge in [-0.3, -0.25) is 9.69 Å². The molecule has 0 spiro atoms. The predicted molar refractivity (Wildman–Crippen MR) is 61.8 cm³/mol. The molecule has 0 aromatic rings. The molecular formula is C11H23N3O. The minimum Gasteiger partial charge on any atom is -0.353 e. The van der Waals surface area contributed by atoms with Gasteiger partial charge in [-0.25, -0.2) is 0 Å². The van der Waals surface area contributed by atoms with Crippen molar-refractivity contribution in [3.63, 3.8) is 0 Å². The second-order valence-electron chi connectivity index (χ2n) is 4.80. The van der Waals surface area contributed by atoms with Crippen LogP contribution in [0.4, 0.5) is 0 Å². The van der Waals surface area contributed by atoms with Crippen LogP contribution in [0.3, 0.4) is 0 Å². The minimum absolute atomic E-state index is 0.140. The van der Waals surface area contributed by atoms with E-state index in [1.807, 2.05) is 13.8 Å². The molecule has 15 heavy (non-hydrogen) atoms. The van der Waals surface area contributed by atoms with Gasteiger partial charge in [-0.05, 0) is 27.8 Å². The summed E-state index contributed by atoms with van der Waals surface area (Å²) < 4.78 is 0. The van der Waals surface area contributed by atoms with Crippen molar-refractivity contribution < 1.29 is 4.79 Å². The number of nitrogens with one attached hydrogen (secondary N) is 1. The highest BCUT2D eigenvalue weighted by atomic mass is 16.2. The standard InChI is InChI=1S/C11H23N3O/c1-9(2)12-11(15)8-14-6-5-13(4)7-10(14)3/h9-10H,5-8H2,1-4H3,(H,12,15)/t10-/m1/s1. The topological polar surface area (TPSA) is 35.6 Å². The number of piperazine rings is 1. The summed E-state index contributed by atoms with van der Waals surface area (Å²) in [6, 6.07) is 0.710. The highest BCUT2D eigenvalue weighted by Crippen LogP contribution is 2.06. The largest absolute Gasteiger partial charge is 0.353 e. The Morgan fingerprint density at radius 1 is 1.47 bits per heavy atom. The quantitative estimate of drug-likeness (QED) is 0.725. The molecule has 1 atom stereocenters. The predicted octanol–water partition coefficient (Wildman–Crippen LogP) is 0.147. The molecule has 0 aromatic heterocycles. The Bertz CT molecular complexity index is 218. The lowest BCUT2D eigenvalue weighted by molar-refractivity contribution is -0.123. The van der Waals surface area contributed by atoms with Crippen molar-refractivity contribution in [2.45, 2.75) is 32.9 Å². The summed E-state index contributed by atoms with van der Waals surface area (Å²) in [5, 5.41) is 2.93. The van der Waals surface area contributed by atoms with Gasteiger partial charge in [0.1, 0.15) is 0 Å². The van der Waals surface area contributed by atoms with Crippen LogP contribution in [0.5, 0.6) is 0 Å². The zero-order chi connectivity index (χ0) is 11.4. The summed E-state index contributed by atoms with van der Waals surface area (Å²) in [5.41, 5.74) is 0. The van der Waals surface area contributed by atoms with E-state index in [4.69, 9.17) is 0 Å². The van der Waals surface area contributed by atoms with E-state index in [2.05, 4.69) is 29.1 Å². The Hall–Kier alpha value is -0.610. The second kappa shape index (κ2) is 5.47. The maximum Gasteiger partial charge on any atom is 0.234 e. The van der Waals surface area contributed by atoms with Gasteiger partial charge in [-0.2, -0.15) is 0 Å². The van der Waals surface area contributed by atoms with E-state index in [1.165, 1.54) is 0 Å². The zero-order valence-corrected chi connectivity index (χ0v) is 10.3. The highest BCUT2D eigenvalue weighted by molar-refractivity contribution is 5.78. The van der Waals surface area contributed by atoms with Gasteiger partial charge in [-0.1, -0.05) is 0 Å². The number of nitrogens with zero attached hydrogens (tertiary/aromatic N) is 2. The Labute approximate surface area is 92.6 Å². The van der Waals surface area contributed by atoms with Crippen molar-refractivity contribution in [2.24, 2.45) is 0 Å². The molecule has 1 aliphatic rings. The van der Waals surface area contributed by atoms with Crippen LogP contribution in [0.15, 0.2) is 0 Å². The van der Waals surface area contributed by atoms with Gasteiger partial charge in [0.2, 0.25) is 5.91 Å². The van der Waals surface area contributed by atoms with Crippen LogP contribution in [-0.4, -0.2) is 61.0 Å². The average Bonchev–Trinajstić information content (AvgIpc) is 2.08. The van der Waals surface area contributed by atoms with Crippen LogP contribution in [0.2, 0.25) is 0 Å². The van der Waals surface area contributed by atoms with Crippen LogP contribution in [0.1, 0.15) is 20.8 Å². The molecule has 4 nitrogen and oxygen atoms in total. The first-order valence-corrected chi connectivity index (χ1v) is 5.71. The fraction of sp³-hybridized carbons (Fsp3) is 0.909. The van der Waals surface area contributed by atoms with Gasteiger partial charge in [0.05, 0.1) is 6.54 Å². The van der Waals surface area contributed by atoms with Crippen molar-refractivity contribution in [2.75, 3.05) is 33.2 Å². The van der Waals surface area contributed by atoms with E-state index in [0.717, 1.165) is 19.6 Å². The third kappa shape index (κ3) is 4.18. The Morgan fingerprint density at radius 2 is 2.13 bits per heavy atom. The van der Waals surface area contributed by atoms with E-state index >= 15 is 0 Å². The normalized spacial score (nSPS) is 24.5. The lowest BCUT2D eigenvalue weighted by atomic mass is 10.2. The Balaban J connectivity index is 2.34. The molecule has 0 aromatic carbocycles. The number of hydrogen-bond donors (Lipinski definition) is 1. The molecule has 1 fully saturated rings. The molecule has 1 aliphatic heterocycles. The number of rotatable bonds is 3. The summed E-state index contributed by atoms with van der Waals surface area (Å²) >= 11 is 0. The van der Waals surface area contributed by atoms with Gasteiger partial charge in [-0.15, -0.1) is 0 Å². The average molecular weight is 213 g/mol. The molecule has 0 bridgehead atoms. The van der Waals surface area contributed by atoms with Gasteiger partial charge in [0.25, 0.3) is 0 Å². The van der Waals surface area contributed by atoms with Gasteiger partial charge < -0.3 is 10.2 Å². The van der Waals surface area contributed by atoms with Gasteiger partial charge >= 0.3 is 0 Å². The van der Waals surface area contributed by atoms with E-state index in [0.29, 0.717) is 12.6 Å². The van der Waals surface area contributed by atoms with Gasteiger partial charge in [0, 0.05) is 31.7 Å². The van der Waals surface area contributed by atoms with Crippen molar-refractivity contribution in [3.05, 3.63) is 0 Å². The lowest BCUT2D eigenvalue weighted by Gasteiger charge is -2.37. The first-order chi connectivity index (χ1) is 6.99. The third-order valence-corrected chi connectivity index (χ3v) is 2.76. The first kappa shape index (κ1) is 12.5. The first-order valence-electron chi connectivity index (χ1n) is 5.71.